The molecule has 2 aliphatic heterocycles. The number of β-lactam (4-membered cyclic amide) rings is 1. The summed E-state index contributed by atoms with van der Waals surface area (Å²) in [4.78, 5) is 15.4. The fraction of sp³-hybridized carbons (Fsp3) is 0.267. The van der Waals surface area contributed by atoms with Crippen LogP contribution in [0, 0.1) is 0 Å². The minimum Gasteiger partial charge on any atom is -0.325 e. The van der Waals surface area contributed by atoms with Crippen molar-refractivity contribution in [1.82, 2.24) is 4.90 Å². The van der Waals surface area contributed by atoms with Crippen molar-refractivity contribution >= 4 is 28.8 Å². The van der Waals surface area contributed by atoms with E-state index >= 15 is 0 Å². The highest BCUT2D eigenvalue weighted by molar-refractivity contribution is 7.10. The number of hydrogen-bond acceptors (Lipinski definition) is 2. The van der Waals surface area contributed by atoms with Gasteiger partial charge in [0, 0.05) is 11.4 Å². The number of rotatable bonds is 1. The second kappa shape index (κ2) is 3.84. The summed E-state index contributed by atoms with van der Waals surface area (Å²) >= 11 is 8.23. The third-order valence-electron chi connectivity index (χ3n) is 4.21. The summed E-state index contributed by atoms with van der Waals surface area (Å²) in [5.41, 5.74) is 1.90. The van der Waals surface area contributed by atoms with Crippen LogP contribution in [-0.4, -0.2) is 22.7 Å². The first-order valence-corrected chi connectivity index (χ1v) is 7.66. The zero-order chi connectivity index (χ0) is 13.0. The smallest absolute Gasteiger partial charge is 0.244 e. The molecule has 0 aliphatic carbocycles. The van der Waals surface area contributed by atoms with Gasteiger partial charge in [-0.2, -0.15) is 0 Å². The van der Waals surface area contributed by atoms with E-state index in [1.54, 1.807) is 11.3 Å². The number of hydrogen-bond donors (Lipinski definition) is 0. The van der Waals surface area contributed by atoms with Crippen molar-refractivity contribution in [2.45, 2.75) is 17.3 Å². The lowest BCUT2D eigenvalue weighted by molar-refractivity contribution is -0.153. The van der Waals surface area contributed by atoms with Crippen LogP contribution in [-0.2, 0) is 16.8 Å². The molecule has 0 bridgehead atoms. The Hall–Kier alpha value is -1.32. The highest BCUT2D eigenvalue weighted by Crippen LogP contribution is 2.53. The number of nitrogens with zero attached hydrogens (tertiary/aromatic N) is 1. The molecule has 4 heteroatoms. The third-order valence-corrected chi connectivity index (χ3v) is 5.69. The molecule has 0 unspecified atom stereocenters. The summed E-state index contributed by atoms with van der Waals surface area (Å²) in [7, 11) is 0. The summed E-state index contributed by atoms with van der Waals surface area (Å²) in [6.07, 6.45) is 0.941. The van der Waals surface area contributed by atoms with Crippen LogP contribution in [0.25, 0.3) is 0 Å². The zero-order valence-electron chi connectivity index (χ0n) is 10.2. The number of thiophene rings is 1. The molecule has 2 atom stereocenters. The largest absolute Gasteiger partial charge is 0.325 e. The summed E-state index contributed by atoms with van der Waals surface area (Å²) in [5.74, 6) is 0.0577. The first-order chi connectivity index (χ1) is 9.26. The predicted octanol–water partition coefficient (Wildman–Crippen LogP) is 3.00. The molecule has 0 saturated carbocycles. The Morgan fingerprint density at radius 3 is 2.84 bits per heavy atom. The van der Waals surface area contributed by atoms with Crippen LogP contribution in [0.3, 0.4) is 0 Å². The molecule has 0 N–H and O–H groups in total. The van der Waals surface area contributed by atoms with Crippen LogP contribution in [0.4, 0.5) is 0 Å². The maximum Gasteiger partial charge on any atom is 0.244 e. The first-order valence-electron chi connectivity index (χ1n) is 6.34. The SMILES string of the molecule is O=C1[C@@H](Cl)[C@]2(c3ccccc3)c3ccsc3CCN12. The molecule has 2 nitrogen and oxygen atoms in total. The van der Waals surface area contributed by atoms with Crippen molar-refractivity contribution < 1.29 is 4.79 Å². The van der Waals surface area contributed by atoms with E-state index < -0.39 is 10.9 Å². The van der Waals surface area contributed by atoms with Gasteiger partial charge in [-0.3, -0.25) is 4.79 Å². The summed E-state index contributed by atoms with van der Waals surface area (Å²) in [6, 6.07) is 12.3. The van der Waals surface area contributed by atoms with Gasteiger partial charge >= 0.3 is 0 Å². The van der Waals surface area contributed by atoms with Gasteiger partial charge in [-0.15, -0.1) is 22.9 Å². The Morgan fingerprint density at radius 1 is 1.26 bits per heavy atom. The number of carbonyl (C=O) groups excluding carboxylic acids is 1. The Labute approximate surface area is 120 Å². The Bertz CT molecular complexity index is 653. The number of halogens is 1. The van der Waals surface area contributed by atoms with E-state index in [2.05, 4.69) is 23.6 Å². The molecule has 1 amide bonds. The maximum absolute atomic E-state index is 12.1. The summed E-state index contributed by atoms with van der Waals surface area (Å²) in [5, 5.41) is 1.62. The highest BCUT2D eigenvalue weighted by atomic mass is 35.5. The minimum atomic E-state index is -0.483. The standard InChI is InChI=1S/C15H12ClNOS/c16-13-14(18)17-8-6-12-11(7-9-19-12)15(13,17)10-4-2-1-3-5-10/h1-5,7,9,13H,6,8H2/t13-,15+/m1/s1. The maximum atomic E-state index is 12.1. The molecular weight excluding hydrogens is 278 g/mol. The molecule has 1 aromatic carbocycles. The van der Waals surface area contributed by atoms with Crippen molar-refractivity contribution in [3.05, 3.63) is 57.8 Å². The average Bonchev–Trinajstić information content (AvgIpc) is 2.94. The Kier molecular flexibility index (Phi) is 2.32. The van der Waals surface area contributed by atoms with Crippen LogP contribution < -0.4 is 0 Å². The van der Waals surface area contributed by atoms with E-state index in [0.29, 0.717) is 0 Å². The van der Waals surface area contributed by atoms with Crippen molar-refractivity contribution in [3.8, 4) is 0 Å². The Morgan fingerprint density at radius 2 is 2.05 bits per heavy atom. The molecule has 19 heavy (non-hydrogen) atoms. The number of carbonyl (C=O) groups is 1. The third kappa shape index (κ3) is 1.25. The van der Waals surface area contributed by atoms with E-state index in [1.807, 2.05) is 23.1 Å². The molecule has 2 aromatic rings. The second-order valence-electron chi connectivity index (χ2n) is 4.99. The van der Waals surface area contributed by atoms with Crippen molar-refractivity contribution in [2.24, 2.45) is 0 Å². The van der Waals surface area contributed by atoms with Crippen LogP contribution in [0.15, 0.2) is 41.8 Å². The number of amides is 1. The van der Waals surface area contributed by atoms with Gasteiger partial charge in [0.15, 0.2) is 0 Å². The molecule has 1 saturated heterocycles. The molecule has 96 valence electrons. The molecule has 0 spiro atoms. The van der Waals surface area contributed by atoms with E-state index in [-0.39, 0.29) is 5.91 Å². The zero-order valence-corrected chi connectivity index (χ0v) is 11.7. The lowest BCUT2D eigenvalue weighted by Gasteiger charge is -2.58. The van der Waals surface area contributed by atoms with Gasteiger partial charge < -0.3 is 4.90 Å². The van der Waals surface area contributed by atoms with Gasteiger partial charge in [0.1, 0.15) is 10.9 Å². The minimum absolute atomic E-state index is 0.0577. The Balaban J connectivity index is 1.99. The van der Waals surface area contributed by atoms with Crippen molar-refractivity contribution in [2.75, 3.05) is 6.54 Å². The van der Waals surface area contributed by atoms with Crippen molar-refractivity contribution in [1.29, 1.82) is 0 Å². The fourth-order valence-corrected chi connectivity index (χ4v) is 4.77. The van der Waals surface area contributed by atoms with Crippen LogP contribution >= 0.6 is 22.9 Å². The molecule has 1 aromatic heterocycles. The van der Waals surface area contributed by atoms with Gasteiger partial charge in [0.25, 0.3) is 0 Å². The van der Waals surface area contributed by atoms with Gasteiger partial charge in [-0.25, -0.2) is 0 Å². The lowest BCUT2D eigenvalue weighted by atomic mass is 9.70. The van der Waals surface area contributed by atoms with Crippen molar-refractivity contribution in [3.63, 3.8) is 0 Å². The number of fused-ring (bicyclic) bond motifs is 3. The normalized spacial score (nSPS) is 28.6. The quantitative estimate of drug-likeness (QED) is 0.584. The fourth-order valence-electron chi connectivity index (χ4n) is 3.37. The molecule has 2 aliphatic rings. The van der Waals surface area contributed by atoms with Gasteiger partial charge in [0.05, 0.1) is 0 Å². The molecule has 0 radical (unpaired) electrons. The summed E-state index contributed by atoms with van der Waals surface area (Å²) in [6.45, 7) is 0.768. The monoisotopic (exact) mass is 289 g/mol. The van der Waals surface area contributed by atoms with E-state index in [9.17, 15) is 4.79 Å². The highest BCUT2D eigenvalue weighted by Gasteiger charge is 2.63. The summed E-state index contributed by atoms with van der Waals surface area (Å²) < 4.78 is 0. The number of benzene rings is 1. The lowest BCUT2D eigenvalue weighted by Crippen LogP contribution is -2.72. The predicted molar refractivity (Wildman–Crippen MR) is 76.6 cm³/mol. The molecule has 3 heterocycles. The van der Waals surface area contributed by atoms with Crippen LogP contribution in [0.5, 0.6) is 0 Å². The molecular formula is C15H12ClNOS. The van der Waals surface area contributed by atoms with E-state index in [0.717, 1.165) is 18.5 Å². The van der Waals surface area contributed by atoms with Crippen LogP contribution in [0.2, 0.25) is 0 Å². The van der Waals surface area contributed by atoms with E-state index in [4.69, 9.17) is 11.6 Å². The second-order valence-corrected chi connectivity index (χ2v) is 6.43. The van der Waals surface area contributed by atoms with Crippen LogP contribution in [0.1, 0.15) is 16.0 Å². The van der Waals surface area contributed by atoms with Gasteiger partial charge in [0.2, 0.25) is 5.91 Å². The topological polar surface area (TPSA) is 20.3 Å². The number of alkyl halides is 1. The van der Waals surface area contributed by atoms with Gasteiger partial charge in [-0.1, -0.05) is 30.3 Å². The first kappa shape index (κ1) is 11.5. The van der Waals surface area contributed by atoms with Gasteiger partial charge in [-0.05, 0) is 29.0 Å². The molecule has 4 rings (SSSR count). The average molecular weight is 290 g/mol. The van der Waals surface area contributed by atoms with E-state index in [1.165, 1.54) is 10.4 Å². The molecule has 1 fully saturated rings.